The van der Waals surface area contributed by atoms with E-state index < -0.39 is 12.5 Å². The minimum absolute atomic E-state index is 0.740. The van der Waals surface area contributed by atoms with E-state index in [-0.39, 0.29) is 0 Å². The van der Waals surface area contributed by atoms with E-state index in [9.17, 15) is 10.2 Å². The van der Waals surface area contributed by atoms with E-state index >= 15 is 0 Å². The number of benzene rings is 2. The van der Waals surface area contributed by atoms with Gasteiger partial charge in [-0.1, -0.05) is 54.6 Å². The van der Waals surface area contributed by atoms with E-state index in [4.69, 9.17) is 0 Å². The molecule has 2 atom stereocenters. The van der Waals surface area contributed by atoms with Crippen molar-refractivity contribution in [2.75, 3.05) is 4.90 Å². The van der Waals surface area contributed by atoms with E-state index in [2.05, 4.69) is 6.08 Å². The van der Waals surface area contributed by atoms with E-state index in [1.165, 1.54) is 0 Å². The molecule has 21 heavy (non-hydrogen) atoms. The fourth-order valence-electron chi connectivity index (χ4n) is 2.26. The Hall–Kier alpha value is -2.10. The molecular formula is C18H21NO2. The zero-order valence-electron chi connectivity index (χ0n) is 12.3. The van der Waals surface area contributed by atoms with Crippen LogP contribution in [0.25, 0.3) is 12.2 Å². The molecular weight excluding hydrogens is 262 g/mol. The number of nitrogens with zero attached hydrogens (tertiary/aromatic N) is 1. The summed E-state index contributed by atoms with van der Waals surface area (Å²) in [7, 11) is 0. The van der Waals surface area contributed by atoms with Crippen LogP contribution in [0.2, 0.25) is 0 Å². The van der Waals surface area contributed by atoms with E-state index in [1.54, 1.807) is 18.7 Å². The summed E-state index contributed by atoms with van der Waals surface area (Å²) in [6, 6.07) is 17.8. The molecule has 0 spiro atoms. The number of anilines is 1. The van der Waals surface area contributed by atoms with Crippen LogP contribution in [-0.2, 0) is 0 Å². The molecule has 0 aliphatic heterocycles. The highest BCUT2D eigenvalue weighted by Gasteiger charge is 2.16. The van der Waals surface area contributed by atoms with Gasteiger partial charge in [-0.2, -0.15) is 0 Å². The van der Waals surface area contributed by atoms with Crippen LogP contribution in [0.5, 0.6) is 0 Å². The molecule has 0 fully saturated rings. The van der Waals surface area contributed by atoms with Crippen LogP contribution < -0.4 is 4.90 Å². The van der Waals surface area contributed by atoms with Crippen molar-refractivity contribution in [3.63, 3.8) is 0 Å². The Morgan fingerprint density at radius 2 is 1.24 bits per heavy atom. The largest absolute Gasteiger partial charge is 0.374 e. The molecule has 2 N–H and O–H groups in total. The third-order valence-electron chi connectivity index (χ3n) is 3.26. The maximum absolute atomic E-state index is 9.71. The highest BCUT2D eigenvalue weighted by Crippen LogP contribution is 2.20. The highest BCUT2D eigenvalue weighted by atomic mass is 16.3. The zero-order chi connectivity index (χ0) is 15.2. The Morgan fingerprint density at radius 1 is 0.762 bits per heavy atom. The standard InChI is InChI=1S/C18H21NO2/c1-14(20)19(15(2)21)18-12-10-17(11-13-18)9-8-16-6-4-3-5-7-16/h3-15,20-21H,1-2H3. The summed E-state index contributed by atoms with van der Waals surface area (Å²) in [5, 5.41) is 19.4. The number of hydrogen-bond acceptors (Lipinski definition) is 3. The van der Waals surface area contributed by atoms with Crippen molar-refractivity contribution < 1.29 is 10.2 Å². The molecule has 2 aromatic carbocycles. The average Bonchev–Trinajstić information content (AvgIpc) is 2.47. The Labute approximate surface area is 125 Å². The quantitative estimate of drug-likeness (QED) is 0.653. The number of hydrogen-bond donors (Lipinski definition) is 2. The minimum Gasteiger partial charge on any atom is -0.374 e. The van der Waals surface area contributed by atoms with Crippen molar-refractivity contribution in [2.24, 2.45) is 0 Å². The van der Waals surface area contributed by atoms with Gasteiger partial charge in [0.25, 0.3) is 0 Å². The van der Waals surface area contributed by atoms with Gasteiger partial charge in [0.05, 0.1) is 0 Å². The van der Waals surface area contributed by atoms with Crippen molar-refractivity contribution in [3.8, 4) is 0 Å². The van der Waals surface area contributed by atoms with Gasteiger partial charge in [0.15, 0.2) is 0 Å². The molecule has 0 bridgehead atoms. The summed E-state index contributed by atoms with van der Waals surface area (Å²) in [4.78, 5) is 1.55. The lowest BCUT2D eigenvalue weighted by Gasteiger charge is -2.30. The first kappa shape index (κ1) is 15.3. The second-order valence-electron chi connectivity index (χ2n) is 5.01. The van der Waals surface area contributed by atoms with E-state index in [1.807, 2.05) is 60.7 Å². The molecule has 0 saturated carbocycles. The molecule has 0 aliphatic rings. The lowest BCUT2D eigenvalue weighted by molar-refractivity contribution is 0.105. The number of aliphatic hydroxyl groups excluding tert-OH is 2. The summed E-state index contributed by atoms with van der Waals surface area (Å²) in [5.41, 5.74) is 3.01. The lowest BCUT2D eigenvalue weighted by Crippen LogP contribution is -2.40. The Kier molecular flexibility index (Phi) is 5.14. The molecule has 0 aromatic heterocycles. The monoisotopic (exact) mass is 283 g/mol. The van der Waals surface area contributed by atoms with Crippen LogP contribution in [0.3, 0.4) is 0 Å². The van der Waals surface area contributed by atoms with Crippen LogP contribution >= 0.6 is 0 Å². The Morgan fingerprint density at radius 3 is 1.71 bits per heavy atom. The fraction of sp³-hybridized carbons (Fsp3) is 0.222. The third kappa shape index (κ3) is 4.18. The van der Waals surface area contributed by atoms with Crippen LogP contribution in [0.15, 0.2) is 54.6 Å². The summed E-state index contributed by atoms with van der Waals surface area (Å²) in [6.07, 6.45) is 2.61. The number of rotatable bonds is 5. The second kappa shape index (κ2) is 7.07. The highest BCUT2D eigenvalue weighted by molar-refractivity contribution is 5.70. The maximum Gasteiger partial charge on any atom is 0.126 e. The third-order valence-corrected chi connectivity index (χ3v) is 3.26. The van der Waals surface area contributed by atoms with Gasteiger partial charge >= 0.3 is 0 Å². The van der Waals surface area contributed by atoms with Gasteiger partial charge in [0.2, 0.25) is 0 Å². The van der Waals surface area contributed by atoms with Crippen LogP contribution in [0, 0.1) is 0 Å². The molecule has 2 aromatic rings. The normalized spacial score (nSPS) is 14.1. The van der Waals surface area contributed by atoms with Crippen molar-refractivity contribution in [2.45, 2.75) is 26.3 Å². The van der Waals surface area contributed by atoms with Crippen molar-refractivity contribution >= 4 is 17.8 Å². The Balaban J connectivity index is 2.13. The van der Waals surface area contributed by atoms with E-state index in [0.29, 0.717) is 0 Å². The maximum atomic E-state index is 9.71. The molecule has 0 radical (unpaired) electrons. The summed E-state index contributed by atoms with van der Waals surface area (Å²) >= 11 is 0. The van der Waals surface area contributed by atoms with Gasteiger partial charge in [-0.3, -0.25) is 0 Å². The Bertz CT molecular complexity index is 566. The van der Waals surface area contributed by atoms with Gasteiger partial charge in [-0.15, -0.1) is 0 Å². The molecule has 0 aliphatic carbocycles. The predicted molar refractivity (Wildman–Crippen MR) is 87.7 cm³/mol. The second-order valence-corrected chi connectivity index (χ2v) is 5.01. The molecule has 110 valence electrons. The first-order valence-electron chi connectivity index (χ1n) is 7.05. The minimum atomic E-state index is -0.740. The van der Waals surface area contributed by atoms with Crippen LogP contribution in [0.4, 0.5) is 5.69 Å². The molecule has 3 nitrogen and oxygen atoms in total. The molecule has 0 amide bonds. The topological polar surface area (TPSA) is 43.7 Å². The van der Waals surface area contributed by atoms with E-state index in [0.717, 1.165) is 16.8 Å². The SMILES string of the molecule is CC(O)N(c1ccc(C=Cc2ccccc2)cc1)C(C)O. The average molecular weight is 283 g/mol. The smallest absolute Gasteiger partial charge is 0.126 e. The molecule has 0 saturated heterocycles. The van der Waals surface area contributed by atoms with Gasteiger partial charge in [-0.05, 0) is 37.1 Å². The molecule has 2 rings (SSSR count). The van der Waals surface area contributed by atoms with Crippen molar-refractivity contribution in [3.05, 3.63) is 65.7 Å². The summed E-state index contributed by atoms with van der Waals surface area (Å²) in [6.45, 7) is 3.27. The molecule has 0 heterocycles. The van der Waals surface area contributed by atoms with Gasteiger partial charge in [0, 0.05) is 5.69 Å². The first-order chi connectivity index (χ1) is 10.1. The van der Waals surface area contributed by atoms with Gasteiger partial charge < -0.3 is 15.1 Å². The number of aliphatic hydroxyl groups is 2. The molecule has 3 heteroatoms. The van der Waals surface area contributed by atoms with Crippen molar-refractivity contribution in [1.29, 1.82) is 0 Å². The summed E-state index contributed by atoms with van der Waals surface area (Å²) < 4.78 is 0. The predicted octanol–water partition coefficient (Wildman–Crippen LogP) is 3.34. The zero-order valence-corrected chi connectivity index (χ0v) is 12.3. The van der Waals surface area contributed by atoms with Gasteiger partial charge in [0.1, 0.15) is 12.5 Å². The fourth-order valence-corrected chi connectivity index (χ4v) is 2.26. The van der Waals surface area contributed by atoms with Crippen LogP contribution in [0.1, 0.15) is 25.0 Å². The van der Waals surface area contributed by atoms with Crippen LogP contribution in [-0.4, -0.2) is 22.7 Å². The summed E-state index contributed by atoms with van der Waals surface area (Å²) in [5.74, 6) is 0. The van der Waals surface area contributed by atoms with Gasteiger partial charge in [-0.25, -0.2) is 0 Å². The first-order valence-corrected chi connectivity index (χ1v) is 7.05. The van der Waals surface area contributed by atoms with Crippen molar-refractivity contribution in [1.82, 2.24) is 0 Å². The lowest BCUT2D eigenvalue weighted by atomic mass is 10.1. The molecule has 2 unspecified atom stereocenters.